The molecule has 0 amide bonds. The van der Waals surface area contributed by atoms with E-state index in [1.807, 2.05) is 11.8 Å². The predicted molar refractivity (Wildman–Crippen MR) is 117 cm³/mol. The molecule has 0 bridgehead atoms. The maximum absolute atomic E-state index is 6.16. The monoisotopic (exact) mass is 476 g/mol. The largest absolute Gasteiger partial charge is 0.375 e. The summed E-state index contributed by atoms with van der Waals surface area (Å²) in [7, 11) is 0. The van der Waals surface area contributed by atoms with Crippen molar-refractivity contribution in [2.45, 2.75) is 19.1 Å². The molecular formula is C18H29IN4OS. The molecule has 140 valence electrons. The van der Waals surface area contributed by atoms with Crippen LogP contribution in [0.4, 0.5) is 0 Å². The van der Waals surface area contributed by atoms with Gasteiger partial charge in [0.2, 0.25) is 0 Å². The van der Waals surface area contributed by atoms with Crippen molar-refractivity contribution in [3.63, 3.8) is 0 Å². The molecule has 0 spiro atoms. The second-order valence-electron chi connectivity index (χ2n) is 6.37. The van der Waals surface area contributed by atoms with Crippen LogP contribution in [-0.2, 0) is 11.3 Å². The number of thioether (sulfide) groups is 1. The van der Waals surface area contributed by atoms with Crippen LogP contribution in [-0.4, -0.2) is 72.7 Å². The van der Waals surface area contributed by atoms with Gasteiger partial charge in [-0.1, -0.05) is 30.3 Å². The second-order valence-corrected chi connectivity index (χ2v) is 7.59. The first-order valence-corrected chi connectivity index (χ1v) is 9.97. The molecule has 7 heteroatoms. The summed E-state index contributed by atoms with van der Waals surface area (Å²) in [5.74, 6) is 2.96. The number of halogens is 1. The molecule has 1 atom stereocenters. The fraction of sp³-hybridized carbons (Fsp3) is 0.611. The van der Waals surface area contributed by atoms with E-state index in [9.17, 15) is 0 Å². The van der Waals surface area contributed by atoms with Crippen LogP contribution >= 0.6 is 35.7 Å². The van der Waals surface area contributed by atoms with Gasteiger partial charge in [-0.05, 0) is 12.0 Å². The lowest BCUT2D eigenvalue weighted by Gasteiger charge is -2.28. The molecule has 2 aliphatic heterocycles. The zero-order valence-corrected chi connectivity index (χ0v) is 17.8. The summed E-state index contributed by atoms with van der Waals surface area (Å²) in [5.41, 5.74) is 7.51. The standard InChI is InChI=1S/C18H28N4OS.HI/c19-18(22-8-11-24-12-9-22)20-13-17-15-21(7-4-10-23-17)14-16-5-2-1-3-6-16;/h1-3,5-6,17H,4,7-15H2,(H2,19,20);1H. The normalized spacial score (nSPS) is 23.0. The molecule has 1 unspecified atom stereocenters. The van der Waals surface area contributed by atoms with Crippen molar-refractivity contribution < 1.29 is 4.74 Å². The lowest BCUT2D eigenvalue weighted by molar-refractivity contribution is 0.0598. The number of benzene rings is 1. The Morgan fingerprint density at radius 2 is 1.96 bits per heavy atom. The van der Waals surface area contributed by atoms with Crippen molar-refractivity contribution in [1.82, 2.24) is 9.80 Å². The summed E-state index contributed by atoms with van der Waals surface area (Å²) in [6, 6.07) is 10.6. The minimum absolute atomic E-state index is 0. The van der Waals surface area contributed by atoms with Gasteiger partial charge >= 0.3 is 0 Å². The molecule has 1 aromatic carbocycles. The van der Waals surface area contributed by atoms with Gasteiger partial charge in [0.25, 0.3) is 0 Å². The zero-order valence-electron chi connectivity index (χ0n) is 14.7. The number of rotatable bonds is 4. The predicted octanol–water partition coefficient (Wildman–Crippen LogP) is 2.26. The van der Waals surface area contributed by atoms with Gasteiger partial charge in [0.05, 0.1) is 12.6 Å². The number of guanidine groups is 1. The van der Waals surface area contributed by atoms with E-state index in [-0.39, 0.29) is 30.1 Å². The van der Waals surface area contributed by atoms with Gasteiger partial charge < -0.3 is 15.4 Å². The van der Waals surface area contributed by atoms with Crippen LogP contribution in [0.1, 0.15) is 12.0 Å². The smallest absolute Gasteiger partial charge is 0.191 e. The van der Waals surface area contributed by atoms with Gasteiger partial charge in [-0.15, -0.1) is 24.0 Å². The number of nitrogens with zero attached hydrogens (tertiary/aromatic N) is 3. The van der Waals surface area contributed by atoms with E-state index >= 15 is 0 Å². The van der Waals surface area contributed by atoms with Gasteiger partial charge in [-0.25, -0.2) is 0 Å². The highest BCUT2D eigenvalue weighted by Crippen LogP contribution is 2.12. The van der Waals surface area contributed by atoms with Crippen molar-refractivity contribution >= 4 is 41.7 Å². The third-order valence-corrected chi connectivity index (χ3v) is 5.42. The Kier molecular flexibility index (Phi) is 9.36. The summed E-state index contributed by atoms with van der Waals surface area (Å²) in [6.07, 6.45) is 1.21. The Morgan fingerprint density at radius 3 is 2.72 bits per heavy atom. The summed E-state index contributed by atoms with van der Waals surface area (Å²) in [5, 5.41) is 0. The Morgan fingerprint density at radius 1 is 1.20 bits per heavy atom. The lowest BCUT2D eigenvalue weighted by Crippen LogP contribution is -2.43. The van der Waals surface area contributed by atoms with Crippen LogP contribution in [0.5, 0.6) is 0 Å². The summed E-state index contributed by atoms with van der Waals surface area (Å²) in [6.45, 7) is 6.45. The first-order chi connectivity index (χ1) is 11.8. The molecule has 2 heterocycles. The van der Waals surface area contributed by atoms with Crippen molar-refractivity contribution in [2.75, 3.05) is 50.8 Å². The van der Waals surface area contributed by atoms with Gasteiger partial charge in [0, 0.05) is 50.8 Å². The highest BCUT2D eigenvalue weighted by Gasteiger charge is 2.19. The molecule has 0 aliphatic carbocycles. The fourth-order valence-electron chi connectivity index (χ4n) is 3.15. The van der Waals surface area contributed by atoms with E-state index < -0.39 is 0 Å². The van der Waals surface area contributed by atoms with Gasteiger partial charge in [0.1, 0.15) is 0 Å². The molecule has 1 aromatic rings. The second kappa shape index (κ2) is 11.3. The number of nitrogens with two attached hydrogens (primary N) is 1. The van der Waals surface area contributed by atoms with Crippen LogP contribution in [0.25, 0.3) is 0 Å². The van der Waals surface area contributed by atoms with E-state index in [0.29, 0.717) is 12.5 Å². The molecule has 0 saturated carbocycles. The van der Waals surface area contributed by atoms with Crippen LogP contribution in [0.15, 0.2) is 35.3 Å². The van der Waals surface area contributed by atoms with Gasteiger partial charge in [-0.3, -0.25) is 9.89 Å². The van der Waals surface area contributed by atoms with Crippen LogP contribution in [0, 0.1) is 0 Å². The topological polar surface area (TPSA) is 54.1 Å². The Balaban J connectivity index is 0.00000225. The van der Waals surface area contributed by atoms with Gasteiger partial charge in [0.15, 0.2) is 5.96 Å². The molecule has 2 aliphatic rings. The number of hydrogen-bond donors (Lipinski definition) is 1. The fourth-order valence-corrected chi connectivity index (χ4v) is 4.06. The van der Waals surface area contributed by atoms with Crippen molar-refractivity contribution in [2.24, 2.45) is 10.7 Å². The summed E-state index contributed by atoms with van der Waals surface area (Å²) >= 11 is 1.98. The molecule has 2 fully saturated rings. The molecular weight excluding hydrogens is 447 g/mol. The van der Waals surface area contributed by atoms with Crippen molar-refractivity contribution in [3.8, 4) is 0 Å². The summed E-state index contributed by atoms with van der Waals surface area (Å²) in [4.78, 5) is 9.27. The van der Waals surface area contributed by atoms with E-state index in [0.717, 1.165) is 57.3 Å². The molecule has 2 saturated heterocycles. The van der Waals surface area contributed by atoms with Crippen LogP contribution in [0.2, 0.25) is 0 Å². The van der Waals surface area contributed by atoms with E-state index in [1.165, 1.54) is 5.56 Å². The SMILES string of the molecule is I.NC(=NCC1CN(Cc2ccccc2)CCCO1)N1CCSCC1. The minimum atomic E-state index is 0. The number of ether oxygens (including phenoxy) is 1. The molecule has 3 rings (SSSR count). The molecule has 0 radical (unpaired) electrons. The first kappa shape index (κ1) is 20.8. The van der Waals surface area contributed by atoms with E-state index in [1.54, 1.807) is 0 Å². The molecule has 2 N–H and O–H groups in total. The third-order valence-electron chi connectivity index (χ3n) is 4.48. The third kappa shape index (κ3) is 6.96. The Hall–Kier alpha value is -0.510. The molecule has 5 nitrogen and oxygen atoms in total. The minimum Gasteiger partial charge on any atom is -0.375 e. The average Bonchev–Trinajstić information content (AvgIpc) is 2.86. The van der Waals surface area contributed by atoms with E-state index in [2.05, 4.69) is 45.1 Å². The lowest BCUT2D eigenvalue weighted by atomic mass is 10.2. The van der Waals surface area contributed by atoms with Crippen LogP contribution < -0.4 is 5.73 Å². The maximum Gasteiger partial charge on any atom is 0.191 e. The maximum atomic E-state index is 6.16. The Bertz CT molecular complexity index is 525. The quantitative estimate of drug-likeness (QED) is 0.411. The van der Waals surface area contributed by atoms with E-state index in [4.69, 9.17) is 10.5 Å². The van der Waals surface area contributed by atoms with Gasteiger partial charge in [-0.2, -0.15) is 11.8 Å². The molecule has 0 aromatic heterocycles. The Labute approximate surface area is 172 Å². The number of hydrogen-bond acceptors (Lipinski definition) is 4. The highest BCUT2D eigenvalue weighted by atomic mass is 127. The first-order valence-electron chi connectivity index (χ1n) is 8.82. The van der Waals surface area contributed by atoms with Crippen molar-refractivity contribution in [3.05, 3.63) is 35.9 Å². The van der Waals surface area contributed by atoms with Crippen LogP contribution in [0.3, 0.4) is 0 Å². The summed E-state index contributed by atoms with van der Waals surface area (Å²) < 4.78 is 5.98. The highest BCUT2D eigenvalue weighted by molar-refractivity contribution is 14.0. The molecule has 25 heavy (non-hydrogen) atoms. The average molecular weight is 476 g/mol. The zero-order chi connectivity index (χ0) is 16.6. The van der Waals surface area contributed by atoms with Crippen molar-refractivity contribution in [1.29, 1.82) is 0 Å². The number of aliphatic imine (C=N–C) groups is 1.